The molecule has 2 aromatic carbocycles. The number of phenols is 1. The molecule has 128 valence electrons. The Morgan fingerprint density at radius 2 is 1.64 bits per heavy atom. The number of benzene rings is 2. The Labute approximate surface area is 141 Å². The molecule has 3 aromatic rings. The van der Waals surface area contributed by atoms with Gasteiger partial charge in [0.1, 0.15) is 5.75 Å². The Balaban J connectivity index is 2.27. The second kappa shape index (κ2) is 6.08. The highest BCUT2D eigenvalue weighted by molar-refractivity contribution is 5.83. The third-order valence-electron chi connectivity index (χ3n) is 3.71. The molecule has 0 amide bonds. The van der Waals surface area contributed by atoms with Crippen LogP contribution in [0.4, 0.5) is 19.1 Å². The Hall–Kier alpha value is -3.09. The van der Waals surface area contributed by atoms with Crippen LogP contribution >= 0.6 is 0 Å². The van der Waals surface area contributed by atoms with Gasteiger partial charge in [-0.05, 0) is 36.8 Å². The molecule has 0 saturated carbocycles. The quantitative estimate of drug-likeness (QED) is 0.721. The van der Waals surface area contributed by atoms with Crippen LogP contribution < -0.4 is 5.73 Å². The first-order chi connectivity index (χ1) is 11.8. The summed E-state index contributed by atoms with van der Waals surface area (Å²) in [6.45, 7) is 1.69. The number of alkyl halides is 3. The van der Waals surface area contributed by atoms with Crippen molar-refractivity contribution < 1.29 is 18.3 Å². The van der Waals surface area contributed by atoms with E-state index in [4.69, 9.17) is 5.73 Å². The van der Waals surface area contributed by atoms with Gasteiger partial charge in [-0.1, -0.05) is 24.3 Å². The van der Waals surface area contributed by atoms with E-state index in [9.17, 15) is 18.3 Å². The second-order valence-corrected chi connectivity index (χ2v) is 5.52. The highest BCUT2D eigenvalue weighted by Gasteiger charge is 2.31. The van der Waals surface area contributed by atoms with Crippen molar-refractivity contribution in [3.05, 3.63) is 59.8 Å². The zero-order valence-corrected chi connectivity index (χ0v) is 13.2. The molecule has 0 aliphatic rings. The van der Waals surface area contributed by atoms with Crippen LogP contribution in [0, 0.1) is 6.92 Å². The summed E-state index contributed by atoms with van der Waals surface area (Å²) in [5.41, 5.74) is 7.09. The van der Waals surface area contributed by atoms with E-state index in [1.54, 1.807) is 19.1 Å². The normalized spacial score (nSPS) is 11.5. The maximum atomic E-state index is 13.0. The average molecular weight is 345 g/mol. The Kier molecular flexibility index (Phi) is 4.08. The lowest BCUT2D eigenvalue weighted by atomic mass is 9.96. The van der Waals surface area contributed by atoms with Crippen molar-refractivity contribution in [1.29, 1.82) is 0 Å². The number of anilines is 1. The van der Waals surface area contributed by atoms with E-state index >= 15 is 0 Å². The predicted octanol–water partition coefficient (Wildman–Crippen LogP) is 4.43. The molecule has 0 bridgehead atoms. The fourth-order valence-corrected chi connectivity index (χ4v) is 2.65. The summed E-state index contributed by atoms with van der Waals surface area (Å²) in [5, 5.41) is 9.72. The number of nitrogens with zero attached hydrogens (tertiary/aromatic N) is 2. The van der Waals surface area contributed by atoms with E-state index in [-0.39, 0.29) is 23.0 Å². The number of rotatable bonds is 2. The van der Waals surface area contributed by atoms with Crippen LogP contribution in [-0.2, 0) is 6.18 Å². The number of aromatic hydroxyl groups is 1. The van der Waals surface area contributed by atoms with Crippen molar-refractivity contribution >= 4 is 5.95 Å². The molecule has 0 atom stereocenters. The number of nitrogen functional groups attached to an aromatic ring is 1. The van der Waals surface area contributed by atoms with Gasteiger partial charge in [0.2, 0.25) is 5.95 Å². The molecule has 0 aliphatic heterocycles. The number of halogens is 3. The predicted molar refractivity (Wildman–Crippen MR) is 88.7 cm³/mol. The molecule has 1 heterocycles. The van der Waals surface area contributed by atoms with E-state index < -0.39 is 11.7 Å². The minimum atomic E-state index is -4.46. The molecule has 0 aliphatic carbocycles. The van der Waals surface area contributed by atoms with Crippen LogP contribution in [0.5, 0.6) is 5.75 Å². The molecule has 1 aromatic heterocycles. The average Bonchev–Trinajstić information content (AvgIpc) is 2.53. The molecule has 7 heteroatoms. The van der Waals surface area contributed by atoms with Crippen LogP contribution in [0.2, 0.25) is 0 Å². The molecule has 0 saturated heterocycles. The summed E-state index contributed by atoms with van der Waals surface area (Å²) in [6, 6.07) is 11.2. The third kappa shape index (κ3) is 3.40. The van der Waals surface area contributed by atoms with Crippen molar-refractivity contribution in [3.8, 4) is 28.1 Å². The van der Waals surface area contributed by atoms with Crippen LogP contribution in [0.25, 0.3) is 22.4 Å². The number of aromatic nitrogens is 2. The molecular weight excluding hydrogens is 331 g/mol. The van der Waals surface area contributed by atoms with Crippen LogP contribution in [0.1, 0.15) is 11.3 Å². The van der Waals surface area contributed by atoms with E-state index in [1.165, 1.54) is 24.3 Å². The maximum Gasteiger partial charge on any atom is 0.416 e. The van der Waals surface area contributed by atoms with E-state index in [2.05, 4.69) is 9.97 Å². The van der Waals surface area contributed by atoms with Crippen LogP contribution in [0.15, 0.2) is 48.5 Å². The van der Waals surface area contributed by atoms with Gasteiger partial charge >= 0.3 is 6.18 Å². The fourth-order valence-electron chi connectivity index (χ4n) is 2.65. The van der Waals surface area contributed by atoms with E-state index in [0.717, 1.165) is 12.1 Å². The van der Waals surface area contributed by atoms with Crippen LogP contribution in [-0.4, -0.2) is 15.1 Å². The summed E-state index contributed by atoms with van der Waals surface area (Å²) in [4.78, 5) is 8.25. The first-order valence-corrected chi connectivity index (χ1v) is 7.37. The monoisotopic (exact) mass is 345 g/mol. The molecular formula is C18H14F3N3O. The first-order valence-electron chi connectivity index (χ1n) is 7.37. The molecule has 4 nitrogen and oxygen atoms in total. The van der Waals surface area contributed by atoms with Gasteiger partial charge in [0.15, 0.2) is 0 Å². The van der Waals surface area contributed by atoms with E-state index in [1.807, 2.05) is 0 Å². The van der Waals surface area contributed by atoms with Gasteiger partial charge in [-0.15, -0.1) is 0 Å². The topological polar surface area (TPSA) is 72.0 Å². The highest BCUT2D eigenvalue weighted by Crippen LogP contribution is 2.37. The molecule has 0 unspecified atom stereocenters. The van der Waals surface area contributed by atoms with Crippen molar-refractivity contribution in [2.45, 2.75) is 13.1 Å². The zero-order valence-electron chi connectivity index (χ0n) is 13.2. The molecule has 25 heavy (non-hydrogen) atoms. The Morgan fingerprint density at radius 3 is 2.32 bits per heavy atom. The fraction of sp³-hybridized carbons (Fsp3) is 0.111. The second-order valence-electron chi connectivity index (χ2n) is 5.52. The summed E-state index contributed by atoms with van der Waals surface area (Å²) >= 11 is 0. The number of nitrogens with two attached hydrogens (primary N) is 1. The van der Waals surface area contributed by atoms with Crippen molar-refractivity contribution in [2.24, 2.45) is 0 Å². The standard InChI is InChI=1S/C18H14F3N3O/c1-10-15(11-4-3-7-14(25)9-11)16(24-17(22)23-10)12-5-2-6-13(8-12)18(19,20)21/h2-9,25H,1H3,(H2,22,23,24). The summed E-state index contributed by atoms with van der Waals surface area (Å²) in [5.74, 6) is -0.00229. The number of hydrogen-bond donors (Lipinski definition) is 2. The van der Waals surface area contributed by atoms with Crippen LogP contribution in [0.3, 0.4) is 0 Å². The Bertz CT molecular complexity index is 939. The van der Waals surface area contributed by atoms with Gasteiger partial charge in [-0.2, -0.15) is 13.2 Å². The van der Waals surface area contributed by atoms with Crippen molar-refractivity contribution in [1.82, 2.24) is 9.97 Å². The number of hydrogen-bond acceptors (Lipinski definition) is 4. The van der Waals surface area contributed by atoms with Gasteiger partial charge in [0, 0.05) is 11.1 Å². The maximum absolute atomic E-state index is 13.0. The Morgan fingerprint density at radius 1 is 0.960 bits per heavy atom. The molecule has 0 radical (unpaired) electrons. The molecule has 3 rings (SSSR count). The van der Waals surface area contributed by atoms with E-state index in [0.29, 0.717) is 16.8 Å². The summed E-state index contributed by atoms with van der Waals surface area (Å²) in [6.07, 6.45) is -4.46. The van der Waals surface area contributed by atoms with Crippen molar-refractivity contribution in [3.63, 3.8) is 0 Å². The molecule has 0 fully saturated rings. The lowest BCUT2D eigenvalue weighted by molar-refractivity contribution is -0.137. The van der Waals surface area contributed by atoms with Gasteiger partial charge in [-0.3, -0.25) is 0 Å². The summed E-state index contributed by atoms with van der Waals surface area (Å²) in [7, 11) is 0. The molecule has 3 N–H and O–H groups in total. The smallest absolute Gasteiger partial charge is 0.416 e. The summed E-state index contributed by atoms with van der Waals surface area (Å²) < 4.78 is 39.1. The van der Waals surface area contributed by atoms with Gasteiger partial charge in [0.05, 0.1) is 17.0 Å². The largest absolute Gasteiger partial charge is 0.508 e. The number of phenolic OH excluding ortho intramolecular Hbond substituents is 1. The third-order valence-corrected chi connectivity index (χ3v) is 3.71. The van der Waals surface area contributed by atoms with Crippen molar-refractivity contribution in [2.75, 3.05) is 5.73 Å². The van der Waals surface area contributed by atoms with Gasteiger partial charge < -0.3 is 10.8 Å². The van der Waals surface area contributed by atoms with Gasteiger partial charge in [-0.25, -0.2) is 9.97 Å². The number of aryl methyl sites for hydroxylation is 1. The van der Waals surface area contributed by atoms with Gasteiger partial charge in [0.25, 0.3) is 0 Å². The first kappa shape index (κ1) is 16.8. The SMILES string of the molecule is Cc1nc(N)nc(-c2cccc(C(F)(F)F)c2)c1-c1cccc(O)c1. The lowest BCUT2D eigenvalue weighted by Gasteiger charge is -2.14. The zero-order chi connectivity index (χ0) is 18.2. The highest BCUT2D eigenvalue weighted by atomic mass is 19.4. The minimum Gasteiger partial charge on any atom is -0.508 e. The minimum absolute atomic E-state index is 0.0312. The molecule has 0 spiro atoms. The lowest BCUT2D eigenvalue weighted by Crippen LogP contribution is -2.06.